The summed E-state index contributed by atoms with van der Waals surface area (Å²) in [5, 5.41) is 10.1. The number of amides is 1. The van der Waals surface area contributed by atoms with Crippen molar-refractivity contribution in [2.75, 3.05) is 13.1 Å². The van der Waals surface area contributed by atoms with Crippen LogP contribution in [0.5, 0.6) is 0 Å². The van der Waals surface area contributed by atoms with Gasteiger partial charge in [0.05, 0.1) is 5.70 Å². The number of nitrogens with two attached hydrogens (primary N) is 1. The molecule has 0 saturated carbocycles. The predicted octanol–water partition coefficient (Wildman–Crippen LogP) is 0.0366. The Labute approximate surface area is 89.8 Å². The molecule has 1 aliphatic heterocycles. The molecule has 0 aromatic rings. The Kier molecular flexibility index (Phi) is 4.15. The fraction of sp³-hybridized carbons (Fsp3) is 0.600. The van der Waals surface area contributed by atoms with Crippen molar-refractivity contribution in [3.8, 4) is 0 Å². The van der Waals surface area contributed by atoms with Crippen LogP contribution in [0.2, 0.25) is 0 Å². The summed E-state index contributed by atoms with van der Waals surface area (Å²) in [7, 11) is 0. The van der Waals surface area contributed by atoms with E-state index in [1.165, 1.54) is 0 Å². The number of likely N-dealkylation sites (tertiary alicyclic amines) is 1. The molecule has 1 saturated heterocycles. The molecule has 1 heterocycles. The number of carbonyl (C=O) groups excluding carboxylic acids is 1. The Morgan fingerprint density at radius 3 is 2.60 bits per heavy atom. The molecule has 5 nitrogen and oxygen atoms in total. The number of carbonyl (C=O) groups is 1. The number of allylic oxidation sites excluding steroid dienone is 1. The van der Waals surface area contributed by atoms with Gasteiger partial charge in [-0.15, -0.1) is 0 Å². The highest BCUT2D eigenvalue weighted by Gasteiger charge is 2.19. The molecular weight excluding hydrogens is 192 g/mol. The molecule has 0 aromatic heterocycles. The first kappa shape index (κ1) is 11.6. The quantitative estimate of drug-likeness (QED) is 0.575. The van der Waals surface area contributed by atoms with Crippen LogP contribution in [-0.4, -0.2) is 36.2 Å². The van der Waals surface area contributed by atoms with Crippen LogP contribution in [0.3, 0.4) is 0 Å². The van der Waals surface area contributed by atoms with Crippen LogP contribution >= 0.6 is 0 Å². The smallest absolute Gasteiger partial charge is 0.219 e. The van der Waals surface area contributed by atoms with Gasteiger partial charge in [0, 0.05) is 38.5 Å². The maximum Gasteiger partial charge on any atom is 0.219 e. The summed E-state index contributed by atoms with van der Waals surface area (Å²) in [5.41, 5.74) is 5.88. The van der Waals surface area contributed by atoms with Crippen LogP contribution in [0.1, 0.15) is 19.8 Å². The molecule has 0 aliphatic carbocycles. The number of rotatable bonds is 3. The third-order valence-corrected chi connectivity index (χ3v) is 2.59. The summed E-state index contributed by atoms with van der Waals surface area (Å²) in [5.74, 6) is 0.142. The van der Waals surface area contributed by atoms with Crippen LogP contribution in [0.4, 0.5) is 0 Å². The lowest BCUT2D eigenvalue weighted by Crippen LogP contribution is -2.43. The molecule has 0 atom stereocenters. The molecule has 1 fully saturated rings. The lowest BCUT2D eigenvalue weighted by atomic mass is 10.1. The Morgan fingerprint density at radius 1 is 1.53 bits per heavy atom. The van der Waals surface area contributed by atoms with Gasteiger partial charge in [-0.3, -0.25) is 4.79 Å². The van der Waals surface area contributed by atoms with Crippen molar-refractivity contribution in [2.45, 2.75) is 25.8 Å². The molecule has 84 valence electrons. The van der Waals surface area contributed by atoms with Crippen LogP contribution in [0.15, 0.2) is 11.9 Å². The summed E-state index contributed by atoms with van der Waals surface area (Å²) < 4.78 is 0. The van der Waals surface area contributed by atoms with Gasteiger partial charge in [0.2, 0.25) is 5.91 Å². The van der Waals surface area contributed by atoms with E-state index in [9.17, 15) is 4.79 Å². The van der Waals surface area contributed by atoms with E-state index in [2.05, 4.69) is 5.32 Å². The molecule has 0 aromatic carbocycles. The maximum atomic E-state index is 11.1. The Morgan fingerprint density at radius 2 is 2.13 bits per heavy atom. The number of hydrogen-bond donors (Lipinski definition) is 3. The van der Waals surface area contributed by atoms with Gasteiger partial charge in [0.25, 0.3) is 0 Å². The molecule has 0 spiro atoms. The molecular formula is C10H18N4O. The third-order valence-electron chi connectivity index (χ3n) is 2.59. The minimum atomic E-state index is 0.142. The van der Waals surface area contributed by atoms with E-state index >= 15 is 0 Å². The van der Waals surface area contributed by atoms with Gasteiger partial charge in [-0.1, -0.05) is 0 Å². The molecule has 0 bridgehead atoms. The van der Waals surface area contributed by atoms with E-state index in [1.54, 1.807) is 13.1 Å². The van der Waals surface area contributed by atoms with Crippen LogP contribution in [-0.2, 0) is 4.79 Å². The van der Waals surface area contributed by atoms with Gasteiger partial charge in [0.15, 0.2) is 0 Å². The highest BCUT2D eigenvalue weighted by Crippen LogP contribution is 2.10. The van der Waals surface area contributed by atoms with Crippen molar-refractivity contribution in [2.24, 2.45) is 5.73 Å². The van der Waals surface area contributed by atoms with E-state index < -0.39 is 0 Å². The number of nitrogens with zero attached hydrogens (tertiary/aromatic N) is 1. The second-order valence-corrected chi connectivity index (χ2v) is 3.74. The Bertz CT molecular complexity index is 267. The first-order chi connectivity index (χ1) is 7.13. The first-order valence-corrected chi connectivity index (χ1v) is 5.11. The number of hydrogen-bond acceptors (Lipinski definition) is 4. The average Bonchev–Trinajstić information content (AvgIpc) is 2.26. The zero-order valence-corrected chi connectivity index (χ0v) is 8.99. The monoisotopic (exact) mass is 210 g/mol. The van der Waals surface area contributed by atoms with Crippen LogP contribution in [0.25, 0.3) is 0 Å². The van der Waals surface area contributed by atoms with Gasteiger partial charge in [-0.05, 0) is 12.8 Å². The molecule has 0 unspecified atom stereocenters. The van der Waals surface area contributed by atoms with Gasteiger partial charge < -0.3 is 21.4 Å². The molecule has 5 heteroatoms. The highest BCUT2D eigenvalue weighted by atomic mass is 16.2. The molecule has 15 heavy (non-hydrogen) atoms. The molecule has 1 amide bonds. The maximum absolute atomic E-state index is 11.1. The van der Waals surface area contributed by atoms with Crippen molar-refractivity contribution in [3.63, 3.8) is 0 Å². The van der Waals surface area contributed by atoms with E-state index in [-0.39, 0.29) is 5.91 Å². The van der Waals surface area contributed by atoms with Crippen LogP contribution in [0, 0.1) is 5.41 Å². The van der Waals surface area contributed by atoms with Gasteiger partial charge in [0.1, 0.15) is 0 Å². The van der Waals surface area contributed by atoms with E-state index in [1.807, 2.05) is 4.90 Å². The third kappa shape index (κ3) is 3.61. The predicted molar refractivity (Wildman–Crippen MR) is 59.5 cm³/mol. The zero-order chi connectivity index (χ0) is 11.3. The van der Waals surface area contributed by atoms with Crippen molar-refractivity contribution in [1.82, 2.24) is 10.2 Å². The largest absolute Gasteiger partial charge is 0.396 e. The summed E-state index contributed by atoms with van der Waals surface area (Å²) in [4.78, 5) is 12.9. The summed E-state index contributed by atoms with van der Waals surface area (Å²) in [6.45, 7) is 3.19. The number of nitrogens with one attached hydrogen (secondary N) is 2. The van der Waals surface area contributed by atoms with Crippen molar-refractivity contribution in [1.29, 1.82) is 5.41 Å². The highest BCUT2D eigenvalue weighted by molar-refractivity contribution is 5.74. The lowest BCUT2D eigenvalue weighted by Gasteiger charge is -2.31. The van der Waals surface area contributed by atoms with Gasteiger partial charge in [-0.25, -0.2) is 0 Å². The van der Waals surface area contributed by atoms with E-state index in [0.29, 0.717) is 11.7 Å². The second kappa shape index (κ2) is 5.38. The molecule has 4 N–H and O–H groups in total. The standard InChI is InChI=1S/C10H18N4O/c1-8(15)14-4-2-10(3-5-14)13-7-9(12)6-11/h6-7,10-11,13H,2-5,12H2,1H3/b9-7+,11-6?. The summed E-state index contributed by atoms with van der Waals surface area (Å²) >= 11 is 0. The minimum Gasteiger partial charge on any atom is -0.396 e. The first-order valence-electron chi connectivity index (χ1n) is 5.11. The Hall–Kier alpha value is -1.52. The van der Waals surface area contributed by atoms with E-state index in [4.69, 9.17) is 11.1 Å². The van der Waals surface area contributed by atoms with Gasteiger partial charge >= 0.3 is 0 Å². The normalized spacial score (nSPS) is 18.7. The molecule has 0 radical (unpaired) electrons. The van der Waals surface area contributed by atoms with Crippen molar-refractivity contribution < 1.29 is 4.79 Å². The van der Waals surface area contributed by atoms with Crippen molar-refractivity contribution >= 4 is 12.1 Å². The lowest BCUT2D eigenvalue weighted by molar-refractivity contribution is -0.129. The summed E-state index contributed by atoms with van der Waals surface area (Å²) in [6.07, 6.45) is 4.63. The SMILES string of the molecule is CC(=O)N1CCC(N/C=C(/N)C=N)CC1. The fourth-order valence-corrected chi connectivity index (χ4v) is 1.62. The zero-order valence-electron chi connectivity index (χ0n) is 8.99. The fourth-order valence-electron chi connectivity index (χ4n) is 1.62. The topological polar surface area (TPSA) is 82.2 Å². The van der Waals surface area contributed by atoms with Gasteiger partial charge in [-0.2, -0.15) is 0 Å². The van der Waals surface area contributed by atoms with E-state index in [0.717, 1.165) is 32.1 Å². The number of piperidine rings is 1. The molecule has 1 aliphatic rings. The minimum absolute atomic E-state index is 0.142. The summed E-state index contributed by atoms with van der Waals surface area (Å²) in [6, 6.07) is 0.360. The average molecular weight is 210 g/mol. The Balaban J connectivity index is 2.32. The van der Waals surface area contributed by atoms with Crippen molar-refractivity contribution in [3.05, 3.63) is 11.9 Å². The van der Waals surface area contributed by atoms with Crippen LogP contribution < -0.4 is 11.1 Å². The molecule has 1 rings (SSSR count). The second-order valence-electron chi connectivity index (χ2n) is 3.74.